The van der Waals surface area contributed by atoms with Crippen LogP contribution in [-0.4, -0.2) is 22.3 Å². The van der Waals surface area contributed by atoms with Gasteiger partial charge in [-0.1, -0.05) is 0 Å². The average molecular weight is 198 g/mol. The lowest BCUT2D eigenvalue weighted by molar-refractivity contribution is 0.0589. The summed E-state index contributed by atoms with van der Waals surface area (Å²) >= 11 is 0. The molecule has 0 fully saturated rings. The van der Waals surface area contributed by atoms with E-state index in [1.807, 2.05) is 31.7 Å². The van der Waals surface area contributed by atoms with Crippen LogP contribution in [0.1, 0.15) is 25.7 Å². The van der Waals surface area contributed by atoms with Crippen molar-refractivity contribution in [3.05, 3.63) is 18.2 Å². The van der Waals surface area contributed by atoms with Gasteiger partial charge in [0, 0.05) is 19.4 Å². The van der Waals surface area contributed by atoms with E-state index in [2.05, 4.69) is 10.4 Å². The predicted octanol–water partition coefficient (Wildman–Crippen LogP) is 0.349. The molecule has 1 aromatic heterocycles. The SMILES string of the molecule is CC(C)OCC(NN)c1nccn1C. The van der Waals surface area contributed by atoms with Crippen molar-refractivity contribution in [2.45, 2.75) is 26.0 Å². The summed E-state index contributed by atoms with van der Waals surface area (Å²) in [5.74, 6) is 6.32. The van der Waals surface area contributed by atoms with Crippen molar-refractivity contribution in [1.82, 2.24) is 15.0 Å². The molecule has 0 spiro atoms. The molecule has 5 nitrogen and oxygen atoms in total. The van der Waals surface area contributed by atoms with Crippen LogP contribution < -0.4 is 11.3 Å². The van der Waals surface area contributed by atoms with Crippen LogP contribution in [0.25, 0.3) is 0 Å². The molecule has 0 radical (unpaired) electrons. The van der Waals surface area contributed by atoms with Crippen LogP contribution in [0.3, 0.4) is 0 Å². The Morgan fingerprint density at radius 3 is 2.79 bits per heavy atom. The standard InChI is InChI=1S/C9H18N4O/c1-7(2)14-6-8(12-10)9-11-4-5-13(9)3/h4-5,7-8,12H,6,10H2,1-3H3. The summed E-state index contributed by atoms with van der Waals surface area (Å²) in [6.07, 6.45) is 3.83. The van der Waals surface area contributed by atoms with Crippen LogP contribution in [0.2, 0.25) is 0 Å². The maximum absolute atomic E-state index is 5.48. The van der Waals surface area contributed by atoms with Gasteiger partial charge < -0.3 is 9.30 Å². The molecular formula is C9H18N4O. The molecule has 0 bridgehead atoms. The maximum Gasteiger partial charge on any atom is 0.129 e. The highest BCUT2D eigenvalue weighted by Gasteiger charge is 2.14. The van der Waals surface area contributed by atoms with Crippen LogP contribution in [0, 0.1) is 0 Å². The summed E-state index contributed by atoms with van der Waals surface area (Å²) in [5, 5.41) is 0. The zero-order chi connectivity index (χ0) is 10.6. The van der Waals surface area contributed by atoms with Crippen molar-refractivity contribution in [2.24, 2.45) is 12.9 Å². The van der Waals surface area contributed by atoms with Gasteiger partial charge in [0.25, 0.3) is 0 Å². The largest absolute Gasteiger partial charge is 0.377 e. The fourth-order valence-electron chi connectivity index (χ4n) is 1.20. The molecule has 1 aromatic rings. The summed E-state index contributed by atoms with van der Waals surface area (Å²) in [6.45, 7) is 4.51. The molecule has 5 heteroatoms. The van der Waals surface area contributed by atoms with Crippen LogP contribution in [0.5, 0.6) is 0 Å². The molecule has 3 N–H and O–H groups in total. The lowest BCUT2D eigenvalue weighted by Crippen LogP contribution is -2.33. The van der Waals surface area contributed by atoms with Gasteiger partial charge in [-0.3, -0.25) is 5.84 Å². The molecule has 0 aliphatic heterocycles. The fourth-order valence-corrected chi connectivity index (χ4v) is 1.20. The second-order valence-corrected chi connectivity index (χ2v) is 3.50. The highest BCUT2D eigenvalue weighted by atomic mass is 16.5. The predicted molar refractivity (Wildman–Crippen MR) is 54.4 cm³/mol. The number of nitrogens with two attached hydrogens (primary N) is 1. The molecule has 1 heterocycles. The summed E-state index contributed by atoms with van der Waals surface area (Å²) in [5.41, 5.74) is 2.69. The van der Waals surface area contributed by atoms with Crippen LogP contribution in [0.4, 0.5) is 0 Å². The molecule has 80 valence electrons. The Kier molecular flexibility index (Phi) is 4.06. The van der Waals surface area contributed by atoms with Gasteiger partial charge in [-0.25, -0.2) is 10.4 Å². The van der Waals surface area contributed by atoms with E-state index in [1.165, 1.54) is 0 Å². The maximum atomic E-state index is 5.48. The van der Waals surface area contributed by atoms with E-state index in [-0.39, 0.29) is 12.1 Å². The third-order valence-electron chi connectivity index (χ3n) is 1.97. The minimum Gasteiger partial charge on any atom is -0.377 e. The second kappa shape index (κ2) is 5.09. The van der Waals surface area contributed by atoms with Crippen LogP contribution in [0.15, 0.2) is 12.4 Å². The van der Waals surface area contributed by atoms with Gasteiger partial charge >= 0.3 is 0 Å². The van der Waals surface area contributed by atoms with Crippen molar-refractivity contribution in [2.75, 3.05) is 6.61 Å². The number of nitrogens with zero attached hydrogens (tertiary/aromatic N) is 2. The van der Waals surface area contributed by atoms with E-state index < -0.39 is 0 Å². The summed E-state index contributed by atoms with van der Waals surface area (Å²) in [6, 6.07) is -0.0580. The molecule has 0 amide bonds. The summed E-state index contributed by atoms with van der Waals surface area (Å²) in [7, 11) is 1.93. The minimum atomic E-state index is -0.0580. The third-order valence-corrected chi connectivity index (χ3v) is 1.97. The van der Waals surface area contributed by atoms with Gasteiger partial charge in [-0.2, -0.15) is 0 Å². The molecule has 0 aliphatic rings. The molecule has 0 saturated carbocycles. The Morgan fingerprint density at radius 1 is 1.64 bits per heavy atom. The number of rotatable bonds is 5. The highest BCUT2D eigenvalue weighted by Crippen LogP contribution is 2.09. The van der Waals surface area contributed by atoms with Gasteiger partial charge in [0.1, 0.15) is 11.9 Å². The van der Waals surface area contributed by atoms with Crippen molar-refractivity contribution in [3.8, 4) is 0 Å². The van der Waals surface area contributed by atoms with Gasteiger partial charge in [-0.05, 0) is 13.8 Å². The van der Waals surface area contributed by atoms with Crippen LogP contribution in [-0.2, 0) is 11.8 Å². The number of aromatic nitrogens is 2. The molecule has 14 heavy (non-hydrogen) atoms. The van der Waals surface area contributed by atoms with Gasteiger partial charge in [0.2, 0.25) is 0 Å². The van der Waals surface area contributed by atoms with E-state index >= 15 is 0 Å². The normalized spacial score (nSPS) is 13.5. The smallest absolute Gasteiger partial charge is 0.129 e. The van der Waals surface area contributed by atoms with E-state index in [4.69, 9.17) is 10.6 Å². The molecule has 0 saturated heterocycles. The third kappa shape index (κ3) is 2.80. The van der Waals surface area contributed by atoms with Gasteiger partial charge in [-0.15, -0.1) is 0 Å². The molecule has 1 atom stereocenters. The lowest BCUT2D eigenvalue weighted by atomic mass is 10.3. The molecule has 0 aromatic carbocycles. The second-order valence-electron chi connectivity index (χ2n) is 3.50. The number of hydrogen-bond donors (Lipinski definition) is 2. The molecule has 1 rings (SSSR count). The van der Waals surface area contributed by atoms with E-state index in [0.29, 0.717) is 6.61 Å². The lowest BCUT2D eigenvalue weighted by Gasteiger charge is -2.17. The van der Waals surface area contributed by atoms with Gasteiger partial charge in [0.05, 0.1) is 12.7 Å². The number of aryl methyl sites for hydroxylation is 1. The first-order valence-corrected chi connectivity index (χ1v) is 4.70. The number of nitrogens with one attached hydrogen (secondary N) is 1. The Morgan fingerprint density at radius 2 is 2.36 bits per heavy atom. The van der Waals surface area contributed by atoms with Crippen molar-refractivity contribution >= 4 is 0 Å². The Balaban J connectivity index is 2.58. The monoisotopic (exact) mass is 198 g/mol. The molecule has 1 unspecified atom stereocenters. The Bertz CT molecular complexity index is 272. The van der Waals surface area contributed by atoms with Crippen LogP contribution >= 0.6 is 0 Å². The zero-order valence-electron chi connectivity index (χ0n) is 8.90. The van der Waals surface area contributed by atoms with Crippen molar-refractivity contribution in [1.29, 1.82) is 0 Å². The summed E-state index contributed by atoms with van der Waals surface area (Å²) in [4.78, 5) is 4.21. The minimum absolute atomic E-state index is 0.0580. The zero-order valence-corrected chi connectivity index (χ0v) is 8.90. The van der Waals surface area contributed by atoms with Crippen molar-refractivity contribution in [3.63, 3.8) is 0 Å². The van der Waals surface area contributed by atoms with Gasteiger partial charge in [0.15, 0.2) is 0 Å². The molecule has 0 aliphatic carbocycles. The van der Waals surface area contributed by atoms with E-state index in [0.717, 1.165) is 5.82 Å². The number of hydrogen-bond acceptors (Lipinski definition) is 4. The molecular weight excluding hydrogens is 180 g/mol. The first-order chi connectivity index (χ1) is 6.65. The fraction of sp³-hybridized carbons (Fsp3) is 0.667. The Labute approximate surface area is 84.2 Å². The highest BCUT2D eigenvalue weighted by molar-refractivity contribution is 4.98. The first-order valence-electron chi connectivity index (χ1n) is 4.70. The van der Waals surface area contributed by atoms with E-state index in [9.17, 15) is 0 Å². The number of imidazole rings is 1. The first kappa shape index (κ1) is 11.2. The Hall–Kier alpha value is -0.910. The average Bonchev–Trinajstić information content (AvgIpc) is 2.53. The quantitative estimate of drug-likeness (QED) is 0.529. The summed E-state index contributed by atoms with van der Waals surface area (Å²) < 4.78 is 7.40. The van der Waals surface area contributed by atoms with E-state index in [1.54, 1.807) is 6.20 Å². The number of ether oxygens (including phenoxy) is 1. The topological polar surface area (TPSA) is 65.1 Å². The van der Waals surface area contributed by atoms with Crippen molar-refractivity contribution < 1.29 is 4.74 Å². The number of hydrazine groups is 1.